The van der Waals surface area contributed by atoms with Crippen molar-refractivity contribution in [2.45, 2.75) is 43.9 Å². The number of halogens is 3. The average molecular weight is 653 g/mol. The van der Waals surface area contributed by atoms with Crippen LogP contribution in [0.3, 0.4) is 0 Å². The molecule has 0 N–H and O–H groups in total. The number of hydrogen-bond donors (Lipinski definition) is 0. The maximum Gasteiger partial charge on any atom is 0.318 e. The van der Waals surface area contributed by atoms with E-state index in [1.807, 2.05) is 21.9 Å². The number of anilines is 2. The summed E-state index contributed by atoms with van der Waals surface area (Å²) in [4.78, 5) is 27.5. The molecule has 1 aromatic heterocycles. The average Bonchev–Trinajstić information content (AvgIpc) is 3.52. The molecule has 3 aliphatic heterocycles. The number of carbonyl (C=O) groups excluding carboxylic acids is 1. The van der Waals surface area contributed by atoms with Crippen molar-refractivity contribution in [3.8, 4) is 12.1 Å². The molecule has 6 rings (SSSR count). The molecule has 0 bridgehead atoms. The number of methoxy groups -OCH3 is 1. The third kappa shape index (κ3) is 6.19. The first-order valence-electron chi connectivity index (χ1n) is 15.3. The van der Waals surface area contributed by atoms with Crippen LogP contribution < -0.4 is 14.5 Å². The largest absolute Gasteiger partial charge is 0.460 e. The summed E-state index contributed by atoms with van der Waals surface area (Å²) >= 11 is 6.59. The van der Waals surface area contributed by atoms with E-state index in [0.29, 0.717) is 60.3 Å². The molecule has 2 aromatic carbocycles. The highest BCUT2D eigenvalue weighted by molar-refractivity contribution is 6.36. The van der Waals surface area contributed by atoms with E-state index in [9.17, 15) is 14.4 Å². The summed E-state index contributed by atoms with van der Waals surface area (Å²) in [5, 5.41) is 11.4. The van der Waals surface area contributed by atoms with E-state index in [4.69, 9.17) is 35.8 Å². The van der Waals surface area contributed by atoms with Gasteiger partial charge in [-0.25, -0.2) is 8.78 Å². The lowest BCUT2D eigenvalue weighted by Gasteiger charge is -2.42. The van der Waals surface area contributed by atoms with Gasteiger partial charge in [-0.3, -0.25) is 4.79 Å². The topological polar surface area (TPSA) is 104 Å². The third-order valence-electron chi connectivity index (χ3n) is 8.92. The smallest absolute Gasteiger partial charge is 0.318 e. The number of nitrogens with zero attached hydrogens (tertiary/aromatic N) is 6. The number of benzene rings is 2. The van der Waals surface area contributed by atoms with Gasteiger partial charge in [0.05, 0.1) is 48.1 Å². The Balaban J connectivity index is 1.37. The van der Waals surface area contributed by atoms with Crippen LogP contribution >= 0.6 is 11.6 Å². The molecule has 3 aliphatic rings. The van der Waals surface area contributed by atoms with Gasteiger partial charge < -0.3 is 28.9 Å². The van der Waals surface area contributed by atoms with Gasteiger partial charge >= 0.3 is 6.01 Å². The predicted molar refractivity (Wildman–Crippen MR) is 169 cm³/mol. The number of amides is 1. The number of carbonyl (C=O) groups is 1. The molecule has 1 amide bonds. The number of piperazine rings is 1. The summed E-state index contributed by atoms with van der Waals surface area (Å²) < 4.78 is 47.0. The number of aromatic nitrogens is 2. The number of hydrogen-bond acceptors (Lipinski definition) is 9. The summed E-state index contributed by atoms with van der Waals surface area (Å²) in [7, 11) is 1.62. The van der Waals surface area contributed by atoms with Crippen LogP contribution in [0.25, 0.3) is 10.8 Å². The van der Waals surface area contributed by atoms with Crippen molar-refractivity contribution >= 4 is 39.8 Å². The Bertz CT molecular complexity index is 1690. The standard InChI is InChI=1S/C33H35ClF2N6O4/c1-21(35)31(43)42-15-14-41(17-23(42)9-12-37)30-24-10-13-40(29-26(36)8-7-22-5-3-6-25(34)28(22)29)18-27(24)38-32(39-30)45-20-33(19-44-2)11-4-16-46-33/h3,5-8,23H,1,4,9-11,13-20H2,2H3/t23-,33-/m0/s1. The van der Waals surface area contributed by atoms with Gasteiger partial charge in [0.1, 0.15) is 23.8 Å². The van der Waals surface area contributed by atoms with Gasteiger partial charge in [0.25, 0.3) is 5.91 Å². The quantitative estimate of drug-likeness (QED) is 0.296. The third-order valence-corrected chi connectivity index (χ3v) is 9.23. The summed E-state index contributed by atoms with van der Waals surface area (Å²) in [5.41, 5.74) is 1.31. The summed E-state index contributed by atoms with van der Waals surface area (Å²) in [6.45, 7) is 5.80. The monoisotopic (exact) mass is 652 g/mol. The van der Waals surface area contributed by atoms with Gasteiger partial charge in [-0.1, -0.05) is 36.4 Å². The van der Waals surface area contributed by atoms with E-state index in [0.717, 1.165) is 23.8 Å². The Labute approximate surface area is 271 Å². The van der Waals surface area contributed by atoms with Crippen LogP contribution in [0, 0.1) is 17.1 Å². The van der Waals surface area contributed by atoms with E-state index in [1.54, 1.807) is 19.2 Å². The zero-order valence-corrected chi connectivity index (χ0v) is 26.4. The van der Waals surface area contributed by atoms with Crippen LogP contribution in [-0.4, -0.2) is 85.5 Å². The summed E-state index contributed by atoms with van der Waals surface area (Å²) in [6.07, 6.45) is 2.15. The zero-order valence-electron chi connectivity index (χ0n) is 25.6. The SMILES string of the molecule is C=C(F)C(=O)N1CCN(c2nc(OC[C@@]3(COC)CCCO3)nc3c2CCN(c2c(F)ccc4cccc(Cl)c24)C3)C[C@@H]1CC#N. The van der Waals surface area contributed by atoms with E-state index < -0.39 is 23.4 Å². The fraction of sp³-hybridized carbons (Fsp3) is 0.455. The Morgan fingerprint density at radius 2 is 2.07 bits per heavy atom. The van der Waals surface area contributed by atoms with Crippen molar-refractivity contribution in [1.82, 2.24) is 14.9 Å². The molecule has 242 valence electrons. The van der Waals surface area contributed by atoms with Gasteiger partial charge in [0.2, 0.25) is 0 Å². The second-order valence-electron chi connectivity index (χ2n) is 11.9. The predicted octanol–water partition coefficient (Wildman–Crippen LogP) is 4.97. The lowest BCUT2D eigenvalue weighted by molar-refractivity contribution is -0.131. The van der Waals surface area contributed by atoms with Crippen molar-refractivity contribution in [1.29, 1.82) is 5.26 Å². The van der Waals surface area contributed by atoms with Gasteiger partial charge in [-0.05, 0) is 36.8 Å². The van der Waals surface area contributed by atoms with Gasteiger partial charge in [0, 0.05) is 50.8 Å². The molecule has 0 spiro atoms. The molecule has 10 nitrogen and oxygen atoms in total. The van der Waals surface area contributed by atoms with Crippen LogP contribution in [0.15, 0.2) is 42.7 Å². The van der Waals surface area contributed by atoms with Crippen LogP contribution in [-0.2, 0) is 27.2 Å². The molecule has 0 radical (unpaired) electrons. The highest BCUT2D eigenvalue weighted by Gasteiger charge is 2.38. The molecule has 0 aliphatic carbocycles. The van der Waals surface area contributed by atoms with Crippen LogP contribution in [0.2, 0.25) is 5.02 Å². The fourth-order valence-electron chi connectivity index (χ4n) is 6.74. The molecule has 2 saturated heterocycles. The number of ether oxygens (including phenoxy) is 3. The molecule has 2 atom stereocenters. The van der Waals surface area contributed by atoms with E-state index >= 15 is 4.39 Å². The van der Waals surface area contributed by atoms with Crippen LogP contribution in [0.1, 0.15) is 30.5 Å². The maximum atomic E-state index is 15.5. The molecule has 2 fully saturated rings. The van der Waals surface area contributed by atoms with Gasteiger partial charge in [0.15, 0.2) is 5.83 Å². The minimum atomic E-state index is -1.06. The molecule has 13 heteroatoms. The number of nitriles is 1. The minimum absolute atomic E-state index is 0.0118. The van der Waals surface area contributed by atoms with Crippen molar-refractivity contribution in [2.24, 2.45) is 0 Å². The molecule has 0 unspecified atom stereocenters. The molecular weight excluding hydrogens is 618 g/mol. The fourth-order valence-corrected chi connectivity index (χ4v) is 7.01. The molecule has 3 aromatic rings. The molecule has 0 saturated carbocycles. The second kappa shape index (κ2) is 13.4. The second-order valence-corrected chi connectivity index (χ2v) is 12.3. The lowest BCUT2D eigenvalue weighted by Crippen LogP contribution is -2.55. The lowest BCUT2D eigenvalue weighted by atomic mass is 10.0. The normalized spacial score (nSPS) is 21.3. The zero-order chi connectivity index (χ0) is 32.4. The first kappa shape index (κ1) is 31.9. The first-order valence-corrected chi connectivity index (χ1v) is 15.7. The van der Waals surface area contributed by atoms with Gasteiger partial charge in [-0.2, -0.15) is 15.2 Å². The van der Waals surface area contributed by atoms with Crippen LogP contribution in [0.5, 0.6) is 6.01 Å². The van der Waals surface area contributed by atoms with E-state index in [-0.39, 0.29) is 44.5 Å². The number of rotatable bonds is 9. The Hall–Kier alpha value is -4.05. The molecular formula is C33H35ClF2N6O4. The van der Waals surface area contributed by atoms with E-state index in [1.165, 1.54) is 11.0 Å². The first-order chi connectivity index (χ1) is 22.2. The van der Waals surface area contributed by atoms with Crippen molar-refractivity contribution in [3.05, 3.63) is 64.8 Å². The molecule has 46 heavy (non-hydrogen) atoms. The summed E-state index contributed by atoms with van der Waals surface area (Å²) in [6, 6.07) is 10.3. The Morgan fingerprint density at radius 1 is 1.22 bits per heavy atom. The minimum Gasteiger partial charge on any atom is -0.460 e. The summed E-state index contributed by atoms with van der Waals surface area (Å²) in [5.74, 6) is -1.66. The Kier molecular flexibility index (Phi) is 9.27. The van der Waals surface area contributed by atoms with Crippen molar-refractivity contribution in [2.75, 3.05) is 62.9 Å². The Morgan fingerprint density at radius 3 is 2.80 bits per heavy atom. The highest BCUT2D eigenvalue weighted by Crippen LogP contribution is 2.39. The van der Waals surface area contributed by atoms with Crippen molar-refractivity contribution < 1.29 is 27.8 Å². The number of fused-ring (bicyclic) bond motifs is 2. The van der Waals surface area contributed by atoms with Crippen LogP contribution in [0.4, 0.5) is 20.3 Å². The molecule has 4 heterocycles. The van der Waals surface area contributed by atoms with Crippen molar-refractivity contribution in [3.63, 3.8) is 0 Å². The van der Waals surface area contributed by atoms with E-state index in [2.05, 4.69) is 12.6 Å². The maximum absolute atomic E-state index is 15.5. The van der Waals surface area contributed by atoms with Gasteiger partial charge in [-0.15, -0.1) is 0 Å². The highest BCUT2D eigenvalue weighted by atomic mass is 35.5.